The van der Waals surface area contributed by atoms with E-state index in [2.05, 4.69) is 21.6 Å². The Balaban J connectivity index is 1.49. The van der Waals surface area contributed by atoms with Gasteiger partial charge in [0.05, 0.1) is 13.2 Å². The van der Waals surface area contributed by atoms with Crippen molar-refractivity contribution in [1.82, 2.24) is 15.1 Å². The van der Waals surface area contributed by atoms with Gasteiger partial charge in [0.25, 0.3) is 0 Å². The molecule has 0 radical (unpaired) electrons. The lowest BCUT2D eigenvalue weighted by Crippen LogP contribution is -2.42. The Labute approximate surface area is 133 Å². The lowest BCUT2D eigenvalue weighted by Gasteiger charge is -2.31. The molecule has 3 rings (SSSR count). The van der Waals surface area contributed by atoms with Crippen LogP contribution in [-0.2, 0) is 16.0 Å². The van der Waals surface area contributed by atoms with Crippen LogP contribution in [0.4, 0.5) is 0 Å². The van der Waals surface area contributed by atoms with Gasteiger partial charge in [-0.1, -0.05) is 6.07 Å². The summed E-state index contributed by atoms with van der Waals surface area (Å²) < 4.78 is 11.0. The highest BCUT2D eigenvalue weighted by atomic mass is 32.1. The second kappa shape index (κ2) is 7.02. The predicted octanol–water partition coefficient (Wildman–Crippen LogP) is 2.36. The molecule has 3 heterocycles. The highest BCUT2D eigenvalue weighted by Gasteiger charge is 2.28. The molecular weight excluding hydrogens is 302 g/mol. The van der Waals surface area contributed by atoms with Crippen LogP contribution in [0.2, 0.25) is 0 Å². The van der Waals surface area contributed by atoms with Gasteiger partial charge in [-0.3, -0.25) is 4.79 Å². The molecule has 2 aromatic heterocycles. The van der Waals surface area contributed by atoms with E-state index in [0.717, 1.165) is 12.8 Å². The molecule has 0 saturated carbocycles. The average molecular weight is 321 g/mol. The van der Waals surface area contributed by atoms with E-state index in [9.17, 15) is 4.79 Å². The number of aromatic nitrogens is 2. The number of morpholine rings is 1. The fourth-order valence-corrected chi connectivity index (χ4v) is 3.25. The first-order chi connectivity index (χ1) is 10.7. The van der Waals surface area contributed by atoms with Gasteiger partial charge in [-0.25, -0.2) is 0 Å². The van der Waals surface area contributed by atoms with Crippen molar-refractivity contribution in [2.75, 3.05) is 19.7 Å². The Morgan fingerprint density at radius 3 is 3.14 bits per heavy atom. The molecule has 1 aliphatic rings. The van der Waals surface area contributed by atoms with Gasteiger partial charge in [0.15, 0.2) is 6.10 Å². The molecule has 1 unspecified atom stereocenters. The van der Waals surface area contributed by atoms with Crippen LogP contribution in [0.5, 0.6) is 0 Å². The maximum Gasteiger partial charge on any atom is 0.246 e. The molecule has 1 saturated heterocycles. The molecule has 2 aromatic rings. The first kappa shape index (κ1) is 15.2. The molecule has 0 spiro atoms. The third kappa shape index (κ3) is 3.72. The number of thiophene rings is 1. The molecule has 0 bridgehead atoms. The highest BCUT2D eigenvalue weighted by Crippen LogP contribution is 2.22. The van der Waals surface area contributed by atoms with Crippen LogP contribution < -0.4 is 0 Å². The van der Waals surface area contributed by atoms with E-state index in [1.54, 1.807) is 18.3 Å². The Hall–Kier alpha value is -1.73. The van der Waals surface area contributed by atoms with Crippen molar-refractivity contribution in [3.63, 3.8) is 0 Å². The molecule has 118 valence electrons. The zero-order chi connectivity index (χ0) is 15.4. The van der Waals surface area contributed by atoms with Gasteiger partial charge in [-0.15, -0.1) is 21.5 Å². The number of carbonyl (C=O) groups excluding carboxylic acids is 1. The van der Waals surface area contributed by atoms with Gasteiger partial charge in [-0.05, 0) is 24.3 Å². The summed E-state index contributed by atoms with van der Waals surface area (Å²) in [4.78, 5) is 15.5. The van der Waals surface area contributed by atoms with Crippen LogP contribution in [-0.4, -0.2) is 40.7 Å². The second-order valence-electron chi connectivity index (χ2n) is 5.29. The first-order valence-electron chi connectivity index (χ1n) is 7.44. The maximum absolute atomic E-state index is 12.3. The number of rotatable bonds is 5. The molecule has 1 atom stereocenters. The Kier molecular flexibility index (Phi) is 4.84. The van der Waals surface area contributed by atoms with Crippen molar-refractivity contribution in [2.24, 2.45) is 0 Å². The SMILES string of the molecule is Cc1nnc(C2CN(C(=O)CCCc3cccs3)CCO2)o1. The van der Waals surface area contributed by atoms with Crippen LogP contribution in [0.3, 0.4) is 0 Å². The summed E-state index contributed by atoms with van der Waals surface area (Å²) in [5.41, 5.74) is 0. The minimum Gasteiger partial charge on any atom is -0.423 e. The standard InChI is InChI=1S/C15H19N3O3S/c1-11-16-17-15(21-11)13-10-18(7-8-20-13)14(19)6-2-4-12-5-3-9-22-12/h3,5,9,13H,2,4,6-8,10H2,1H3. The van der Waals surface area contributed by atoms with E-state index in [1.165, 1.54) is 4.88 Å². The van der Waals surface area contributed by atoms with E-state index in [1.807, 2.05) is 11.0 Å². The van der Waals surface area contributed by atoms with Gasteiger partial charge in [0.1, 0.15) is 0 Å². The zero-order valence-electron chi connectivity index (χ0n) is 12.5. The summed E-state index contributed by atoms with van der Waals surface area (Å²) in [6.45, 7) is 3.36. The minimum absolute atomic E-state index is 0.168. The number of aryl methyl sites for hydroxylation is 2. The molecule has 1 aliphatic heterocycles. The first-order valence-corrected chi connectivity index (χ1v) is 8.32. The number of carbonyl (C=O) groups is 1. The van der Waals surface area contributed by atoms with Crippen LogP contribution >= 0.6 is 11.3 Å². The van der Waals surface area contributed by atoms with Gasteiger partial charge in [-0.2, -0.15) is 0 Å². The normalized spacial score (nSPS) is 18.6. The summed E-state index contributed by atoms with van der Waals surface area (Å²) in [5, 5.41) is 9.86. The van der Waals surface area contributed by atoms with Gasteiger partial charge < -0.3 is 14.1 Å². The van der Waals surface area contributed by atoms with E-state index in [-0.39, 0.29) is 12.0 Å². The maximum atomic E-state index is 12.3. The Morgan fingerprint density at radius 1 is 1.50 bits per heavy atom. The highest BCUT2D eigenvalue weighted by molar-refractivity contribution is 7.09. The number of hydrogen-bond acceptors (Lipinski definition) is 6. The molecule has 0 N–H and O–H groups in total. The van der Waals surface area contributed by atoms with Crippen molar-refractivity contribution in [2.45, 2.75) is 32.3 Å². The number of ether oxygens (including phenoxy) is 1. The number of nitrogens with zero attached hydrogens (tertiary/aromatic N) is 3. The summed E-state index contributed by atoms with van der Waals surface area (Å²) in [6, 6.07) is 4.15. The molecule has 6 nitrogen and oxygen atoms in total. The smallest absolute Gasteiger partial charge is 0.246 e. The average Bonchev–Trinajstić information content (AvgIpc) is 3.19. The summed E-state index contributed by atoms with van der Waals surface area (Å²) in [6.07, 6.45) is 2.09. The largest absolute Gasteiger partial charge is 0.423 e. The molecular formula is C15H19N3O3S. The van der Waals surface area contributed by atoms with Crippen molar-refractivity contribution < 1.29 is 13.9 Å². The fraction of sp³-hybridized carbons (Fsp3) is 0.533. The monoisotopic (exact) mass is 321 g/mol. The van der Waals surface area contributed by atoms with Crippen LogP contribution in [0, 0.1) is 6.92 Å². The van der Waals surface area contributed by atoms with Crippen molar-refractivity contribution in [3.05, 3.63) is 34.2 Å². The quantitative estimate of drug-likeness (QED) is 0.845. The summed E-state index contributed by atoms with van der Waals surface area (Å²) in [5.74, 6) is 1.13. The van der Waals surface area contributed by atoms with Crippen molar-refractivity contribution in [3.8, 4) is 0 Å². The zero-order valence-corrected chi connectivity index (χ0v) is 13.3. The number of hydrogen-bond donors (Lipinski definition) is 0. The minimum atomic E-state index is -0.309. The molecule has 1 amide bonds. The molecule has 0 aromatic carbocycles. The van der Waals surface area contributed by atoms with Crippen molar-refractivity contribution in [1.29, 1.82) is 0 Å². The van der Waals surface area contributed by atoms with Crippen LogP contribution in [0.1, 0.15) is 35.6 Å². The van der Waals surface area contributed by atoms with Gasteiger partial charge >= 0.3 is 0 Å². The fourth-order valence-electron chi connectivity index (χ4n) is 2.49. The molecule has 0 aliphatic carbocycles. The van der Waals surface area contributed by atoms with E-state index in [0.29, 0.717) is 37.9 Å². The van der Waals surface area contributed by atoms with Crippen molar-refractivity contribution >= 4 is 17.2 Å². The third-order valence-corrected chi connectivity index (χ3v) is 4.57. The topological polar surface area (TPSA) is 68.5 Å². The molecule has 1 fully saturated rings. The van der Waals surface area contributed by atoms with Gasteiger partial charge in [0, 0.05) is 24.8 Å². The Bertz CT molecular complexity index is 611. The summed E-state index contributed by atoms with van der Waals surface area (Å²) in [7, 11) is 0. The number of amides is 1. The van der Waals surface area contributed by atoms with Crippen LogP contribution in [0.25, 0.3) is 0 Å². The van der Waals surface area contributed by atoms with E-state index >= 15 is 0 Å². The van der Waals surface area contributed by atoms with Crippen LogP contribution in [0.15, 0.2) is 21.9 Å². The summed E-state index contributed by atoms with van der Waals surface area (Å²) >= 11 is 1.74. The lowest BCUT2D eigenvalue weighted by molar-refractivity contribution is -0.140. The van der Waals surface area contributed by atoms with E-state index < -0.39 is 0 Å². The third-order valence-electron chi connectivity index (χ3n) is 3.63. The molecule has 22 heavy (non-hydrogen) atoms. The van der Waals surface area contributed by atoms with E-state index in [4.69, 9.17) is 9.15 Å². The second-order valence-corrected chi connectivity index (χ2v) is 6.32. The lowest BCUT2D eigenvalue weighted by atomic mass is 10.2. The predicted molar refractivity (Wildman–Crippen MR) is 81.6 cm³/mol. The molecule has 7 heteroatoms. The Morgan fingerprint density at radius 2 is 2.41 bits per heavy atom. The van der Waals surface area contributed by atoms with Gasteiger partial charge in [0.2, 0.25) is 17.7 Å².